The van der Waals surface area contributed by atoms with Crippen LogP contribution in [0.15, 0.2) is 42.5 Å². The molecule has 22 heavy (non-hydrogen) atoms. The first-order chi connectivity index (χ1) is 10.7. The first-order valence-corrected chi connectivity index (χ1v) is 7.61. The van der Waals surface area contributed by atoms with Crippen molar-refractivity contribution in [2.24, 2.45) is 0 Å². The van der Waals surface area contributed by atoms with Crippen LogP contribution < -0.4 is 5.32 Å². The zero-order valence-electron chi connectivity index (χ0n) is 12.6. The number of aromatic nitrogens is 1. The summed E-state index contributed by atoms with van der Waals surface area (Å²) in [6.07, 6.45) is 1.46. The molecule has 1 amide bonds. The lowest BCUT2D eigenvalue weighted by atomic mass is 10.1. The molecule has 3 N–H and O–H groups in total. The first-order valence-electron chi connectivity index (χ1n) is 7.61. The normalized spacial score (nSPS) is 12.6. The van der Waals surface area contributed by atoms with Crippen molar-refractivity contribution in [3.8, 4) is 0 Å². The maximum Gasteiger partial charge on any atom is 0.267 e. The van der Waals surface area contributed by atoms with E-state index < -0.39 is 0 Å². The number of benzene rings is 2. The van der Waals surface area contributed by atoms with Crippen molar-refractivity contribution < 1.29 is 9.90 Å². The summed E-state index contributed by atoms with van der Waals surface area (Å²) in [6, 6.07) is 14.2. The van der Waals surface area contributed by atoms with E-state index in [1.807, 2.05) is 31.2 Å². The lowest BCUT2D eigenvalue weighted by Crippen LogP contribution is -2.32. The Labute approximate surface area is 129 Å². The molecule has 2 aromatic carbocycles. The fourth-order valence-corrected chi connectivity index (χ4v) is 2.78. The molecule has 0 aliphatic carbocycles. The van der Waals surface area contributed by atoms with Gasteiger partial charge in [-0.3, -0.25) is 4.79 Å². The summed E-state index contributed by atoms with van der Waals surface area (Å²) >= 11 is 0. The van der Waals surface area contributed by atoms with Crippen molar-refractivity contribution in [1.82, 2.24) is 10.3 Å². The number of amides is 1. The molecule has 4 heteroatoms. The topological polar surface area (TPSA) is 65.1 Å². The second kappa shape index (κ2) is 6.20. The van der Waals surface area contributed by atoms with Gasteiger partial charge in [0.05, 0.1) is 0 Å². The summed E-state index contributed by atoms with van der Waals surface area (Å²) in [7, 11) is 0. The summed E-state index contributed by atoms with van der Waals surface area (Å²) in [5.74, 6) is -0.106. The predicted molar refractivity (Wildman–Crippen MR) is 89.1 cm³/mol. The molecule has 1 aromatic heterocycles. The molecule has 0 saturated carbocycles. The number of hydrogen-bond donors (Lipinski definition) is 3. The van der Waals surface area contributed by atoms with E-state index in [1.165, 1.54) is 0 Å². The molecule has 1 unspecified atom stereocenters. The van der Waals surface area contributed by atoms with Gasteiger partial charge < -0.3 is 15.4 Å². The maximum absolute atomic E-state index is 12.3. The number of aliphatic hydroxyl groups is 1. The van der Waals surface area contributed by atoms with Gasteiger partial charge in [-0.05, 0) is 42.7 Å². The van der Waals surface area contributed by atoms with Crippen LogP contribution in [-0.2, 0) is 0 Å². The van der Waals surface area contributed by atoms with Crippen LogP contribution in [0.4, 0.5) is 0 Å². The van der Waals surface area contributed by atoms with Crippen molar-refractivity contribution in [3.63, 3.8) is 0 Å². The van der Waals surface area contributed by atoms with Gasteiger partial charge in [-0.25, -0.2) is 0 Å². The number of carbonyl (C=O) groups is 1. The van der Waals surface area contributed by atoms with Crippen LogP contribution in [0.1, 0.15) is 30.3 Å². The minimum Gasteiger partial charge on any atom is -0.396 e. The molecule has 0 fully saturated rings. The molecule has 4 nitrogen and oxygen atoms in total. The second-order valence-corrected chi connectivity index (χ2v) is 5.67. The summed E-state index contributed by atoms with van der Waals surface area (Å²) < 4.78 is 0. The van der Waals surface area contributed by atoms with E-state index in [2.05, 4.69) is 28.5 Å². The molecule has 0 spiro atoms. The maximum atomic E-state index is 12.3. The third-order valence-corrected chi connectivity index (χ3v) is 3.95. The highest BCUT2D eigenvalue weighted by Crippen LogP contribution is 2.25. The van der Waals surface area contributed by atoms with Gasteiger partial charge in [0.25, 0.3) is 5.91 Å². The van der Waals surface area contributed by atoms with Crippen molar-refractivity contribution in [2.75, 3.05) is 6.61 Å². The van der Waals surface area contributed by atoms with E-state index in [1.54, 1.807) is 0 Å². The van der Waals surface area contributed by atoms with E-state index >= 15 is 0 Å². The van der Waals surface area contributed by atoms with Gasteiger partial charge in [-0.2, -0.15) is 0 Å². The summed E-state index contributed by atoms with van der Waals surface area (Å²) in [5.41, 5.74) is 1.54. The molecule has 1 heterocycles. The van der Waals surface area contributed by atoms with Gasteiger partial charge >= 0.3 is 0 Å². The molecular weight excluding hydrogens is 276 g/mol. The number of aliphatic hydroxyl groups excluding tert-OH is 1. The molecule has 0 bridgehead atoms. The average molecular weight is 296 g/mol. The average Bonchev–Trinajstić information content (AvgIpc) is 2.97. The van der Waals surface area contributed by atoms with Gasteiger partial charge in [0, 0.05) is 23.6 Å². The lowest BCUT2D eigenvalue weighted by molar-refractivity contribution is 0.0932. The van der Waals surface area contributed by atoms with Gasteiger partial charge in [0.15, 0.2) is 0 Å². The lowest BCUT2D eigenvalue weighted by Gasteiger charge is -2.12. The number of H-pyrrole nitrogens is 1. The van der Waals surface area contributed by atoms with Crippen LogP contribution in [0.3, 0.4) is 0 Å². The Balaban J connectivity index is 1.88. The van der Waals surface area contributed by atoms with Crippen LogP contribution in [0, 0.1) is 0 Å². The third-order valence-electron chi connectivity index (χ3n) is 3.95. The zero-order chi connectivity index (χ0) is 15.5. The van der Waals surface area contributed by atoms with Gasteiger partial charge in [0.1, 0.15) is 5.69 Å². The Bertz CT molecular complexity index is 807. The Hall–Kier alpha value is -2.33. The summed E-state index contributed by atoms with van der Waals surface area (Å²) in [6.45, 7) is 2.10. The molecular formula is C18H20N2O2. The van der Waals surface area contributed by atoms with E-state index in [-0.39, 0.29) is 18.6 Å². The molecule has 114 valence electrons. The minimum absolute atomic E-state index is 0.0443. The largest absolute Gasteiger partial charge is 0.396 e. The van der Waals surface area contributed by atoms with E-state index in [4.69, 9.17) is 5.11 Å². The number of rotatable bonds is 5. The fourth-order valence-electron chi connectivity index (χ4n) is 2.78. The van der Waals surface area contributed by atoms with Crippen LogP contribution in [0.5, 0.6) is 0 Å². The quantitative estimate of drug-likeness (QED) is 0.677. The van der Waals surface area contributed by atoms with Crippen molar-refractivity contribution in [3.05, 3.63) is 48.2 Å². The van der Waals surface area contributed by atoms with Crippen molar-refractivity contribution >= 4 is 27.6 Å². The molecule has 3 rings (SSSR count). The van der Waals surface area contributed by atoms with Crippen molar-refractivity contribution in [2.45, 2.75) is 25.8 Å². The second-order valence-electron chi connectivity index (χ2n) is 5.67. The highest BCUT2D eigenvalue weighted by atomic mass is 16.3. The Morgan fingerprint density at radius 1 is 1.23 bits per heavy atom. The van der Waals surface area contributed by atoms with Gasteiger partial charge in [-0.15, -0.1) is 0 Å². The number of aromatic amines is 1. The monoisotopic (exact) mass is 296 g/mol. The van der Waals surface area contributed by atoms with Crippen molar-refractivity contribution in [1.29, 1.82) is 0 Å². The van der Waals surface area contributed by atoms with E-state index in [0.717, 1.165) is 28.1 Å². The number of nitrogens with one attached hydrogen (secondary N) is 2. The fraction of sp³-hybridized carbons (Fsp3) is 0.278. The summed E-state index contributed by atoms with van der Waals surface area (Å²) in [5, 5.41) is 15.2. The molecule has 1 atom stereocenters. The minimum atomic E-state index is -0.106. The Morgan fingerprint density at radius 3 is 2.86 bits per heavy atom. The zero-order valence-corrected chi connectivity index (χ0v) is 12.6. The van der Waals surface area contributed by atoms with Gasteiger partial charge in [0.2, 0.25) is 0 Å². The van der Waals surface area contributed by atoms with E-state index in [0.29, 0.717) is 12.1 Å². The van der Waals surface area contributed by atoms with Crippen LogP contribution >= 0.6 is 0 Å². The predicted octanol–water partition coefficient (Wildman–Crippen LogP) is 3.21. The Kier molecular flexibility index (Phi) is 4.11. The molecule has 0 aliphatic rings. The smallest absolute Gasteiger partial charge is 0.267 e. The molecule has 3 aromatic rings. The first kappa shape index (κ1) is 14.6. The highest BCUT2D eigenvalue weighted by Gasteiger charge is 2.13. The molecule has 0 radical (unpaired) electrons. The summed E-state index contributed by atoms with van der Waals surface area (Å²) in [4.78, 5) is 15.5. The molecule has 0 saturated heterocycles. The number of carbonyl (C=O) groups excluding carboxylic acids is 1. The van der Waals surface area contributed by atoms with Gasteiger partial charge in [-0.1, -0.05) is 30.3 Å². The third kappa shape index (κ3) is 2.83. The van der Waals surface area contributed by atoms with Crippen LogP contribution in [0.2, 0.25) is 0 Å². The Morgan fingerprint density at radius 2 is 2.05 bits per heavy atom. The number of fused-ring (bicyclic) bond motifs is 3. The SMILES string of the molecule is CC(CCCO)NC(=O)c1cc2c(ccc3ccccc32)[nH]1. The standard InChI is InChI=1S/C18H20N2O2/c1-12(5-4-10-21)19-18(22)17-11-15-14-7-3-2-6-13(14)8-9-16(15)20-17/h2-3,6-9,11-12,20-21H,4-5,10H2,1H3,(H,19,22). The van der Waals surface area contributed by atoms with E-state index in [9.17, 15) is 4.79 Å². The molecule has 0 aliphatic heterocycles. The van der Waals surface area contributed by atoms with Crippen LogP contribution in [-0.4, -0.2) is 28.6 Å². The van der Waals surface area contributed by atoms with Crippen LogP contribution in [0.25, 0.3) is 21.7 Å². The number of hydrogen-bond acceptors (Lipinski definition) is 2. The highest BCUT2D eigenvalue weighted by molar-refractivity contribution is 6.09.